The van der Waals surface area contributed by atoms with E-state index in [1.165, 1.54) is 0 Å². The molecule has 0 bridgehead atoms. The van der Waals surface area contributed by atoms with Crippen LogP contribution < -0.4 is 0 Å². The lowest BCUT2D eigenvalue weighted by molar-refractivity contribution is 0.0697. The second-order valence-corrected chi connectivity index (χ2v) is 5.22. The van der Waals surface area contributed by atoms with Gasteiger partial charge in [0.2, 0.25) is 0 Å². The number of carboxylic acid groups (broad SMARTS) is 1. The number of fused-ring (bicyclic) bond motifs is 1. The van der Waals surface area contributed by atoms with Gasteiger partial charge in [-0.15, -0.1) is 0 Å². The molecule has 6 heteroatoms. The van der Waals surface area contributed by atoms with Crippen LogP contribution in [0.2, 0.25) is 0 Å². The average Bonchev–Trinajstić information content (AvgIpc) is 2.61. The van der Waals surface area contributed by atoms with Crippen molar-refractivity contribution in [1.29, 1.82) is 0 Å². The Morgan fingerprint density at radius 3 is 2.62 bits per heavy atom. The zero-order valence-corrected chi connectivity index (χ0v) is 12.8. The molecule has 0 fully saturated rings. The van der Waals surface area contributed by atoms with Gasteiger partial charge in [-0.3, -0.25) is 4.98 Å². The lowest BCUT2D eigenvalue weighted by Crippen LogP contribution is -1.96. The summed E-state index contributed by atoms with van der Waals surface area (Å²) in [5.74, 6) is -0.822. The Hall–Kier alpha value is -3.28. The Morgan fingerprint density at radius 1 is 1.08 bits per heavy atom. The Kier molecular flexibility index (Phi) is 4.47. The zero-order valence-electron chi connectivity index (χ0n) is 12.8. The highest BCUT2D eigenvalue weighted by Gasteiger charge is 2.05. The average molecular weight is 321 g/mol. The first kappa shape index (κ1) is 15.6. The maximum absolute atomic E-state index is 10.8. The molecule has 1 heterocycles. The molecule has 0 aliphatic carbocycles. The van der Waals surface area contributed by atoms with Crippen molar-refractivity contribution in [1.82, 2.24) is 4.98 Å². The summed E-state index contributed by atoms with van der Waals surface area (Å²) in [6.45, 7) is 0.481. The first-order chi connectivity index (χ1) is 11.6. The molecule has 0 aliphatic rings. The molecule has 6 nitrogen and oxygen atoms in total. The fraction of sp³-hybridized carbons (Fsp3) is 0.111. The topological polar surface area (TPSA) is 95.1 Å². The number of nitrogens with zero attached hydrogens (tertiary/aromatic N) is 3. The SMILES string of the molecule is O=C(O)c1ccc(CCN=Nc2ccc(O)c3ncccc23)cc1. The third kappa shape index (κ3) is 3.38. The minimum Gasteiger partial charge on any atom is -0.506 e. The molecule has 0 radical (unpaired) electrons. The minimum absolute atomic E-state index is 0.114. The number of carbonyl (C=O) groups is 1. The van der Waals surface area contributed by atoms with Gasteiger partial charge in [0.15, 0.2) is 0 Å². The van der Waals surface area contributed by atoms with Gasteiger partial charge in [0.25, 0.3) is 0 Å². The van der Waals surface area contributed by atoms with Crippen LogP contribution >= 0.6 is 0 Å². The van der Waals surface area contributed by atoms with Crippen molar-refractivity contribution in [2.45, 2.75) is 6.42 Å². The molecule has 0 spiro atoms. The number of phenolic OH excluding ortho intramolecular Hbond substituents is 1. The van der Waals surface area contributed by atoms with Gasteiger partial charge in [-0.05, 0) is 48.4 Å². The zero-order chi connectivity index (χ0) is 16.9. The van der Waals surface area contributed by atoms with Gasteiger partial charge in [0.05, 0.1) is 17.8 Å². The Morgan fingerprint density at radius 2 is 1.88 bits per heavy atom. The van der Waals surface area contributed by atoms with Crippen molar-refractivity contribution in [3.05, 3.63) is 65.9 Å². The van der Waals surface area contributed by atoms with Gasteiger partial charge in [0.1, 0.15) is 11.3 Å². The van der Waals surface area contributed by atoms with E-state index in [1.54, 1.807) is 48.7 Å². The third-order valence-corrected chi connectivity index (χ3v) is 3.61. The van der Waals surface area contributed by atoms with Crippen LogP contribution in [0.3, 0.4) is 0 Å². The summed E-state index contributed by atoms with van der Waals surface area (Å²) < 4.78 is 0. The molecule has 0 saturated carbocycles. The largest absolute Gasteiger partial charge is 0.506 e. The highest BCUT2D eigenvalue weighted by molar-refractivity contribution is 5.93. The van der Waals surface area contributed by atoms with E-state index in [9.17, 15) is 9.90 Å². The number of rotatable bonds is 5. The summed E-state index contributed by atoms with van der Waals surface area (Å²) in [5, 5.41) is 27.8. The molecular formula is C18H15N3O3. The van der Waals surface area contributed by atoms with Crippen molar-refractivity contribution >= 4 is 22.6 Å². The molecule has 24 heavy (non-hydrogen) atoms. The normalized spacial score (nSPS) is 11.2. The number of hydrogen-bond donors (Lipinski definition) is 2. The molecule has 0 aliphatic heterocycles. The lowest BCUT2D eigenvalue weighted by Gasteiger charge is -2.02. The van der Waals surface area contributed by atoms with Crippen LogP contribution in [0.25, 0.3) is 10.9 Å². The fourth-order valence-corrected chi connectivity index (χ4v) is 2.35. The van der Waals surface area contributed by atoms with Crippen molar-refractivity contribution in [2.75, 3.05) is 6.54 Å². The van der Waals surface area contributed by atoms with E-state index >= 15 is 0 Å². The van der Waals surface area contributed by atoms with Crippen LogP contribution in [-0.2, 0) is 6.42 Å². The summed E-state index contributed by atoms with van der Waals surface area (Å²) in [6.07, 6.45) is 2.28. The van der Waals surface area contributed by atoms with Crippen LogP contribution in [-0.4, -0.2) is 27.7 Å². The smallest absolute Gasteiger partial charge is 0.335 e. The first-order valence-electron chi connectivity index (χ1n) is 7.41. The maximum Gasteiger partial charge on any atom is 0.335 e. The summed E-state index contributed by atoms with van der Waals surface area (Å²) in [6, 6.07) is 13.6. The molecular weight excluding hydrogens is 306 g/mol. The molecule has 0 amide bonds. The molecule has 1 aromatic heterocycles. The van der Waals surface area contributed by atoms with Crippen LogP contribution in [0.15, 0.2) is 65.0 Å². The first-order valence-corrected chi connectivity index (χ1v) is 7.41. The standard InChI is InChI=1S/C18H15N3O3/c22-16-8-7-15(14-2-1-10-19-17(14)16)21-20-11-9-12-3-5-13(6-4-12)18(23)24/h1-8,10,22H,9,11H2,(H,23,24). The summed E-state index contributed by atoms with van der Waals surface area (Å²) >= 11 is 0. The van der Waals surface area contributed by atoms with Gasteiger partial charge in [-0.2, -0.15) is 10.2 Å². The number of benzene rings is 2. The number of aromatic carboxylic acids is 1. The van der Waals surface area contributed by atoms with Gasteiger partial charge in [0, 0.05) is 11.6 Å². The Balaban J connectivity index is 1.69. The number of phenols is 1. The van der Waals surface area contributed by atoms with Gasteiger partial charge in [-0.25, -0.2) is 4.79 Å². The van der Waals surface area contributed by atoms with E-state index in [1.807, 2.05) is 6.07 Å². The fourth-order valence-electron chi connectivity index (χ4n) is 2.35. The predicted molar refractivity (Wildman–Crippen MR) is 89.9 cm³/mol. The Labute approximate surface area is 138 Å². The highest BCUT2D eigenvalue weighted by atomic mass is 16.4. The molecule has 3 aromatic rings. The predicted octanol–water partition coefficient (Wildman–Crippen LogP) is 3.97. The maximum atomic E-state index is 10.8. The highest BCUT2D eigenvalue weighted by Crippen LogP contribution is 2.30. The second-order valence-electron chi connectivity index (χ2n) is 5.22. The number of aromatic hydroxyl groups is 1. The van der Waals surface area contributed by atoms with Crippen molar-refractivity contribution in [3.8, 4) is 5.75 Å². The molecule has 3 rings (SSSR count). The molecule has 2 N–H and O–H groups in total. The van der Waals surface area contributed by atoms with E-state index in [4.69, 9.17) is 5.11 Å². The van der Waals surface area contributed by atoms with Gasteiger partial charge >= 0.3 is 5.97 Å². The van der Waals surface area contributed by atoms with Crippen LogP contribution in [0.5, 0.6) is 5.75 Å². The summed E-state index contributed by atoms with van der Waals surface area (Å²) in [5.41, 5.74) is 2.41. The van der Waals surface area contributed by atoms with E-state index in [0.29, 0.717) is 24.2 Å². The number of aromatic nitrogens is 1. The van der Waals surface area contributed by atoms with Crippen molar-refractivity contribution < 1.29 is 15.0 Å². The van der Waals surface area contributed by atoms with Crippen LogP contribution in [0.1, 0.15) is 15.9 Å². The summed E-state index contributed by atoms with van der Waals surface area (Å²) in [4.78, 5) is 14.9. The van der Waals surface area contributed by atoms with Crippen LogP contribution in [0, 0.1) is 0 Å². The molecule has 0 unspecified atom stereocenters. The number of azo groups is 1. The molecule has 0 atom stereocenters. The molecule has 0 saturated heterocycles. The molecule has 120 valence electrons. The number of hydrogen-bond acceptors (Lipinski definition) is 5. The van der Waals surface area contributed by atoms with Crippen LogP contribution in [0.4, 0.5) is 5.69 Å². The van der Waals surface area contributed by atoms with Gasteiger partial charge < -0.3 is 10.2 Å². The van der Waals surface area contributed by atoms with E-state index in [-0.39, 0.29) is 11.3 Å². The summed E-state index contributed by atoms with van der Waals surface area (Å²) in [7, 11) is 0. The van der Waals surface area contributed by atoms with Crippen molar-refractivity contribution in [3.63, 3.8) is 0 Å². The van der Waals surface area contributed by atoms with Gasteiger partial charge in [-0.1, -0.05) is 12.1 Å². The number of carboxylic acids is 1. The van der Waals surface area contributed by atoms with E-state index < -0.39 is 5.97 Å². The monoisotopic (exact) mass is 321 g/mol. The minimum atomic E-state index is -0.936. The van der Waals surface area contributed by atoms with Crippen molar-refractivity contribution in [2.24, 2.45) is 10.2 Å². The molecule has 2 aromatic carbocycles. The van der Waals surface area contributed by atoms with E-state index in [2.05, 4.69) is 15.2 Å². The quantitative estimate of drug-likeness (QED) is 0.695. The second kappa shape index (κ2) is 6.87. The third-order valence-electron chi connectivity index (χ3n) is 3.61. The van der Waals surface area contributed by atoms with E-state index in [0.717, 1.165) is 10.9 Å². The Bertz CT molecular complexity index is 905. The number of pyridine rings is 1. The lowest BCUT2D eigenvalue weighted by atomic mass is 10.1.